The molecule has 1 aromatic heterocycles. The van der Waals surface area contributed by atoms with Crippen LogP contribution in [0.15, 0.2) is 54.7 Å². The number of benzene rings is 1. The maximum absolute atomic E-state index is 12.9. The monoisotopic (exact) mass is 349 g/mol. The highest BCUT2D eigenvalue weighted by atomic mass is 16.2. The quantitative estimate of drug-likeness (QED) is 0.846. The molecule has 1 amide bonds. The van der Waals surface area contributed by atoms with Gasteiger partial charge in [-0.2, -0.15) is 0 Å². The molecule has 0 radical (unpaired) electrons. The molecule has 1 atom stereocenters. The van der Waals surface area contributed by atoms with Gasteiger partial charge in [-0.15, -0.1) is 0 Å². The molecule has 0 N–H and O–H groups in total. The van der Waals surface area contributed by atoms with Gasteiger partial charge < -0.3 is 4.90 Å². The van der Waals surface area contributed by atoms with Gasteiger partial charge in [0.05, 0.1) is 0 Å². The smallest absolute Gasteiger partial charge is 0.272 e. The summed E-state index contributed by atoms with van der Waals surface area (Å²) in [6.45, 7) is 4.17. The first-order valence-electron chi connectivity index (χ1n) is 9.79. The van der Waals surface area contributed by atoms with Gasteiger partial charge in [0.2, 0.25) is 0 Å². The van der Waals surface area contributed by atoms with Crippen molar-refractivity contribution in [3.05, 3.63) is 66.0 Å². The summed E-state index contributed by atoms with van der Waals surface area (Å²) in [6, 6.07) is 16.7. The molecule has 2 saturated heterocycles. The summed E-state index contributed by atoms with van der Waals surface area (Å²) in [5.41, 5.74) is 1.97. The van der Waals surface area contributed by atoms with E-state index in [0.717, 1.165) is 39.0 Å². The molecule has 4 rings (SSSR count). The molecule has 2 fully saturated rings. The van der Waals surface area contributed by atoms with Gasteiger partial charge in [0.15, 0.2) is 0 Å². The third kappa shape index (κ3) is 3.80. The zero-order valence-electron chi connectivity index (χ0n) is 15.3. The van der Waals surface area contributed by atoms with Crippen molar-refractivity contribution in [2.45, 2.75) is 38.3 Å². The van der Waals surface area contributed by atoms with E-state index in [4.69, 9.17) is 0 Å². The minimum Gasteiger partial charge on any atom is -0.334 e. The minimum absolute atomic E-state index is 0.111. The lowest BCUT2D eigenvalue weighted by molar-refractivity contribution is 0.0609. The van der Waals surface area contributed by atoms with E-state index >= 15 is 0 Å². The summed E-state index contributed by atoms with van der Waals surface area (Å²) >= 11 is 0. The van der Waals surface area contributed by atoms with Crippen molar-refractivity contribution in [3.8, 4) is 0 Å². The fraction of sp³-hybridized carbons (Fsp3) is 0.455. The van der Waals surface area contributed by atoms with E-state index in [2.05, 4.69) is 45.1 Å². The van der Waals surface area contributed by atoms with Gasteiger partial charge >= 0.3 is 0 Å². The average molecular weight is 349 g/mol. The first-order valence-corrected chi connectivity index (χ1v) is 9.79. The Morgan fingerprint density at radius 2 is 1.73 bits per heavy atom. The Bertz CT molecular complexity index is 711. The Morgan fingerprint density at radius 3 is 2.46 bits per heavy atom. The number of carbonyl (C=O) groups is 1. The lowest BCUT2D eigenvalue weighted by atomic mass is 9.87. The van der Waals surface area contributed by atoms with Crippen LogP contribution in [0.4, 0.5) is 0 Å². The van der Waals surface area contributed by atoms with Crippen LogP contribution in [0.3, 0.4) is 0 Å². The molecule has 2 aliphatic heterocycles. The minimum atomic E-state index is 0.111. The van der Waals surface area contributed by atoms with Gasteiger partial charge in [0, 0.05) is 25.3 Å². The first kappa shape index (κ1) is 17.2. The highest BCUT2D eigenvalue weighted by Gasteiger charge is 2.36. The second-order valence-corrected chi connectivity index (χ2v) is 7.52. The van der Waals surface area contributed by atoms with Crippen LogP contribution in [0, 0.1) is 5.92 Å². The number of amides is 1. The van der Waals surface area contributed by atoms with Crippen LogP contribution in [0.1, 0.15) is 41.7 Å². The molecular weight excluding hydrogens is 322 g/mol. The molecule has 1 aromatic carbocycles. The average Bonchev–Trinajstić information content (AvgIpc) is 3.19. The van der Waals surface area contributed by atoms with Gasteiger partial charge in [-0.05, 0) is 62.4 Å². The summed E-state index contributed by atoms with van der Waals surface area (Å²) in [7, 11) is 0. The van der Waals surface area contributed by atoms with Crippen LogP contribution in [-0.4, -0.2) is 46.4 Å². The van der Waals surface area contributed by atoms with E-state index in [-0.39, 0.29) is 5.91 Å². The van der Waals surface area contributed by atoms with Crippen molar-refractivity contribution >= 4 is 5.91 Å². The number of nitrogens with zero attached hydrogens (tertiary/aromatic N) is 3. The number of carbonyl (C=O) groups excluding carboxylic acids is 1. The number of hydrogen-bond donors (Lipinski definition) is 0. The second-order valence-electron chi connectivity index (χ2n) is 7.52. The van der Waals surface area contributed by atoms with Crippen molar-refractivity contribution in [1.29, 1.82) is 0 Å². The number of aromatic nitrogens is 1. The Hall–Kier alpha value is -2.20. The van der Waals surface area contributed by atoms with E-state index in [0.29, 0.717) is 17.7 Å². The third-order valence-corrected chi connectivity index (χ3v) is 5.87. The Balaban J connectivity index is 1.35. The fourth-order valence-electron chi connectivity index (χ4n) is 4.51. The summed E-state index contributed by atoms with van der Waals surface area (Å²) < 4.78 is 0. The van der Waals surface area contributed by atoms with Crippen LogP contribution in [0.2, 0.25) is 0 Å². The molecule has 0 aliphatic carbocycles. The Kier molecular flexibility index (Phi) is 5.30. The van der Waals surface area contributed by atoms with Crippen molar-refractivity contribution in [2.24, 2.45) is 5.92 Å². The van der Waals surface area contributed by atoms with Gasteiger partial charge in [-0.3, -0.25) is 14.7 Å². The molecule has 3 heterocycles. The van der Waals surface area contributed by atoms with Gasteiger partial charge in [-0.1, -0.05) is 36.4 Å². The zero-order valence-corrected chi connectivity index (χ0v) is 15.3. The van der Waals surface area contributed by atoms with Crippen LogP contribution < -0.4 is 0 Å². The molecule has 0 bridgehead atoms. The van der Waals surface area contributed by atoms with Crippen LogP contribution >= 0.6 is 0 Å². The first-order chi connectivity index (χ1) is 12.8. The van der Waals surface area contributed by atoms with E-state index in [9.17, 15) is 4.79 Å². The van der Waals surface area contributed by atoms with Crippen molar-refractivity contribution < 1.29 is 4.79 Å². The van der Waals surface area contributed by atoms with Crippen molar-refractivity contribution in [3.63, 3.8) is 0 Å². The van der Waals surface area contributed by atoms with E-state index in [1.165, 1.54) is 18.4 Å². The molecule has 0 spiro atoms. The van der Waals surface area contributed by atoms with Crippen molar-refractivity contribution in [1.82, 2.24) is 14.8 Å². The molecule has 4 heteroatoms. The van der Waals surface area contributed by atoms with Crippen LogP contribution in [0.5, 0.6) is 0 Å². The summed E-state index contributed by atoms with van der Waals surface area (Å²) in [6.07, 6.45) is 6.34. The fourth-order valence-corrected chi connectivity index (χ4v) is 4.51. The second kappa shape index (κ2) is 8.00. The van der Waals surface area contributed by atoms with E-state index in [1.807, 2.05) is 18.2 Å². The van der Waals surface area contributed by atoms with E-state index < -0.39 is 0 Å². The topological polar surface area (TPSA) is 36.4 Å². The molecule has 2 aliphatic rings. The summed E-state index contributed by atoms with van der Waals surface area (Å²) in [4.78, 5) is 21.8. The zero-order chi connectivity index (χ0) is 17.8. The van der Waals surface area contributed by atoms with Gasteiger partial charge in [0.1, 0.15) is 5.69 Å². The molecular formula is C22H27N3O. The lowest BCUT2D eigenvalue weighted by Crippen LogP contribution is -2.44. The highest BCUT2D eigenvalue weighted by molar-refractivity contribution is 5.92. The Morgan fingerprint density at radius 1 is 0.962 bits per heavy atom. The number of hydrogen-bond acceptors (Lipinski definition) is 3. The SMILES string of the molecule is O=C(c1ccccn1)N1CCC[C@@H]1C1CCN(Cc2ccccc2)CC1. The third-order valence-electron chi connectivity index (χ3n) is 5.87. The number of pyridine rings is 1. The predicted octanol–water partition coefficient (Wildman–Crippen LogP) is 3.60. The molecule has 136 valence electrons. The van der Waals surface area contributed by atoms with Gasteiger partial charge in [-0.25, -0.2) is 0 Å². The maximum atomic E-state index is 12.9. The molecule has 2 aromatic rings. The van der Waals surface area contributed by atoms with Crippen molar-refractivity contribution in [2.75, 3.05) is 19.6 Å². The highest BCUT2D eigenvalue weighted by Crippen LogP contribution is 2.32. The van der Waals surface area contributed by atoms with Crippen LogP contribution in [0.25, 0.3) is 0 Å². The van der Waals surface area contributed by atoms with E-state index in [1.54, 1.807) is 6.20 Å². The maximum Gasteiger partial charge on any atom is 0.272 e. The predicted molar refractivity (Wildman–Crippen MR) is 103 cm³/mol. The van der Waals surface area contributed by atoms with Crippen LogP contribution in [-0.2, 0) is 6.54 Å². The molecule has 26 heavy (non-hydrogen) atoms. The number of likely N-dealkylation sites (tertiary alicyclic amines) is 2. The molecule has 4 nitrogen and oxygen atoms in total. The number of rotatable bonds is 4. The lowest BCUT2D eigenvalue weighted by Gasteiger charge is -2.38. The summed E-state index contributed by atoms with van der Waals surface area (Å²) in [5, 5.41) is 0. The standard InChI is InChI=1S/C22H27N3O/c26-22(20-9-4-5-13-23-20)25-14-6-10-21(25)19-11-15-24(16-12-19)17-18-7-2-1-3-8-18/h1-5,7-9,13,19,21H,6,10-12,14-17H2/t21-/m1/s1. The Labute approximate surface area is 155 Å². The summed E-state index contributed by atoms with van der Waals surface area (Å²) in [5.74, 6) is 0.733. The van der Waals surface area contributed by atoms with Gasteiger partial charge in [0.25, 0.3) is 5.91 Å². The molecule has 0 saturated carbocycles. The number of piperidine rings is 1. The largest absolute Gasteiger partial charge is 0.334 e. The normalized spacial score (nSPS) is 21.8. The molecule has 0 unspecified atom stereocenters.